The Labute approximate surface area is 162 Å². The summed E-state index contributed by atoms with van der Waals surface area (Å²) in [6.45, 7) is 0.778. The van der Waals surface area contributed by atoms with Crippen LogP contribution < -0.4 is 14.8 Å². The second kappa shape index (κ2) is 9.24. The molecule has 7 heteroatoms. The number of nitrogens with one attached hydrogen (secondary N) is 1. The van der Waals surface area contributed by atoms with Gasteiger partial charge in [0.2, 0.25) is 0 Å². The molecule has 28 heavy (non-hydrogen) atoms. The molecule has 2 aromatic rings. The van der Waals surface area contributed by atoms with Gasteiger partial charge in [-0.2, -0.15) is 5.26 Å². The van der Waals surface area contributed by atoms with Crippen molar-refractivity contribution in [3.63, 3.8) is 0 Å². The van der Waals surface area contributed by atoms with E-state index in [9.17, 15) is 9.59 Å². The summed E-state index contributed by atoms with van der Waals surface area (Å²) in [5.41, 5.74) is 1.76. The molecule has 1 aliphatic rings. The number of nitrogens with zero attached hydrogens (tertiary/aromatic N) is 1. The first-order valence-corrected chi connectivity index (χ1v) is 8.68. The largest absolute Gasteiger partial charge is 0.490 e. The summed E-state index contributed by atoms with van der Waals surface area (Å²) < 4.78 is 16.1. The molecular weight excluding hydrogens is 360 g/mol. The van der Waals surface area contributed by atoms with E-state index >= 15 is 0 Å². The van der Waals surface area contributed by atoms with E-state index < -0.39 is 18.5 Å². The molecule has 0 aliphatic carbocycles. The number of esters is 1. The first-order chi connectivity index (χ1) is 13.6. The van der Waals surface area contributed by atoms with Crippen LogP contribution in [0.25, 0.3) is 6.08 Å². The molecule has 0 saturated carbocycles. The van der Waals surface area contributed by atoms with E-state index in [0.29, 0.717) is 36.0 Å². The zero-order valence-electron chi connectivity index (χ0n) is 15.0. The van der Waals surface area contributed by atoms with Crippen LogP contribution in [0.1, 0.15) is 17.5 Å². The van der Waals surface area contributed by atoms with E-state index in [1.165, 1.54) is 6.08 Å². The smallest absolute Gasteiger partial charge is 0.331 e. The van der Waals surface area contributed by atoms with Gasteiger partial charge in [-0.3, -0.25) is 4.79 Å². The first-order valence-electron chi connectivity index (χ1n) is 8.68. The number of amides is 1. The van der Waals surface area contributed by atoms with Gasteiger partial charge in [-0.1, -0.05) is 6.07 Å². The molecule has 0 fully saturated rings. The van der Waals surface area contributed by atoms with Crippen LogP contribution in [0, 0.1) is 11.3 Å². The number of hydrogen-bond acceptors (Lipinski definition) is 6. The Morgan fingerprint density at radius 1 is 1.11 bits per heavy atom. The van der Waals surface area contributed by atoms with E-state index in [1.54, 1.807) is 48.5 Å². The second-order valence-electron chi connectivity index (χ2n) is 5.94. The van der Waals surface area contributed by atoms with Gasteiger partial charge in [-0.15, -0.1) is 0 Å². The molecule has 1 aliphatic heterocycles. The number of rotatable bonds is 5. The first kappa shape index (κ1) is 19.0. The lowest BCUT2D eigenvalue weighted by molar-refractivity contribution is -0.142. The summed E-state index contributed by atoms with van der Waals surface area (Å²) in [5.74, 6) is 0.204. The number of carbonyl (C=O) groups excluding carboxylic acids is 2. The molecule has 2 aromatic carbocycles. The lowest BCUT2D eigenvalue weighted by Crippen LogP contribution is -2.20. The Kier molecular flexibility index (Phi) is 6.26. The summed E-state index contributed by atoms with van der Waals surface area (Å²) in [6, 6.07) is 13.7. The van der Waals surface area contributed by atoms with Crippen molar-refractivity contribution in [3.8, 4) is 17.6 Å². The van der Waals surface area contributed by atoms with Crippen molar-refractivity contribution in [1.29, 1.82) is 5.26 Å². The third-order valence-electron chi connectivity index (χ3n) is 3.83. The Balaban J connectivity index is 1.49. The fourth-order valence-corrected chi connectivity index (χ4v) is 2.46. The molecule has 0 radical (unpaired) electrons. The molecule has 0 atom stereocenters. The maximum atomic E-state index is 11.8. The minimum absolute atomic E-state index is 0.412. The molecule has 7 nitrogen and oxygen atoms in total. The van der Waals surface area contributed by atoms with Crippen molar-refractivity contribution in [2.24, 2.45) is 0 Å². The molecule has 1 N–H and O–H groups in total. The summed E-state index contributed by atoms with van der Waals surface area (Å²) in [5, 5.41) is 11.3. The molecule has 0 spiro atoms. The Morgan fingerprint density at radius 3 is 2.61 bits per heavy atom. The lowest BCUT2D eigenvalue weighted by atomic mass is 10.2. The highest BCUT2D eigenvalue weighted by atomic mass is 16.5. The highest BCUT2D eigenvalue weighted by molar-refractivity contribution is 5.94. The van der Waals surface area contributed by atoms with Crippen molar-refractivity contribution < 1.29 is 23.8 Å². The number of carbonyl (C=O) groups is 2. The molecule has 3 rings (SSSR count). The average molecular weight is 378 g/mol. The molecule has 1 heterocycles. The number of benzene rings is 2. The van der Waals surface area contributed by atoms with E-state index in [2.05, 4.69) is 5.32 Å². The third kappa shape index (κ3) is 5.35. The van der Waals surface area contributed by atoms with E-state index in [-0.39, 0.29) is 0 Å². The quantitative estimate of drug-likeness (QED) is 0.635. The predicted octanol–water partition coefficient (Wildman–Crippen LogP) is 2.91. The number of fused-ring (bicyclic) bond motifs is 1. The number of nitriles is 1. The topological polar surface area (TPSA) is 97.7 Å². The van der Waals surface area contributed by atoms with Gasteiger partial charge in [0.05, 0.1) is 24.8 Å². The highest BCUT2D eigenvalue weighted by Gasteiger charge is 2.10. The fraction of sp³-hybridized carbons (Fsp3) is 0.190. The maximum absolute atomic E-state index is 11.8. The van der Waals surface area contributed by atoms with Gasteiger partial charge in [0.15, 0.2) is 18.1 Å². The zero-order valence-corrected chi connectivity index (χ0v) is 15.0. The van der Waals surface area contributed by atoms with Crippen LogP contribution in [-0.2, 0) is 14.3 Å². The number of anilines is 1. The van der Waals surface area contributed by atoms with Gasteiger partial charge < -0.3 is 19.5 Å². The van der Waals surface area contributed by atoms with E-state index in [1.807, 2.05) is 6.07 Å². The van der Waals surface area contributed by atoms with Crippen molar-refractivity contribution >= 4 is 23.6 Å². The van der Waals surface area contributed by atoms with Crippen LogP contribution in [0.15, 0.2) is 48.5 Å². The van der Waals surface area contributed by atoms with Crippen molar-refractivity contribution in [2.45, 2.75) is 6.42 Å². The van der Waals surface area contributed by atoms with Crippen LogP contribution >= 0.6 is 0 Å². The number of hydrogen-bond donors (Lipinski definition) is 1. The molecule has 0 unspecified atom stereocenters. The van der Waals surface area contributed by atoms with Gasteiger partial charge in [-0.25, -0.2) is 4.79 Å². The number of ether oxygens (including phenoxy) is 3. The summed E-state index contributed by atoms with van der Waals surface area (Å²) in [4.78, 5) is 23.7. The predicted molar refractivity (Wildman–Crippen MR) is 102 cm³/mol. The summed E-state index contributed by atoms with van der Waals surface area (Å²) in [6.07, 6.45) is 3.64. The van der Waals surface area contributed by atoms with Crippen molar-refractivity contribution in [2.75, 3.05) is 25.1 Å². The van der Waals surface area contributed by atoms with Crippen molar-refractivity contribution in [1.82, 2.24) is 0 Å². The van der Waals surface area contributed by atoms with Gasteiger partial charge in [0, 0.05) is 18.2 Å². The third-order valence-corrected chi connectivity index (χ3v) is 3.83. The Morgan fingerprint density at radius 2 is 1.86 bits per heavy atom. The molecular formula is C21H18N2O5. The van der Waals surface area contributed by atoms with Crippen LogP contribution in [0.2, 0.25) is 0 Å². The molecule has 0 aromatic heterocycles. The average Bonchev–Trinajstić information content (AvgIpc) is 2.96. The van der Waals surface area contributed by atoms with Gasteiger partial charge in [0.25, 0.3) is 5.91 Å². The summed E-state index contributed by atoms with van der Waals surface area (Å²) >= 11 is 0. The monoisotopic (exact) mass is 378 g/mol. The van der Waals surface area contributed by atoms with Gasteiger partial charge in [-0.05, 0) is 48.0 Å². The molecule has 142 valence electrons. The van der Waals surface area contributed by atoms with E-state index in [4.69, 9.17) is 19.5 Å². The van der Waals surface area contributed by atoms with Crippen molar-refractivity contribution in [3.05, 3.63) is 59.7 Å². The normalized spacial score (nSPS) is 12.7. The fourth-order valence-electron chi connectivity index (χ4n) is 2.46. The minimum atomic E-state index is -0.637. The van der Waals surface area contributed by atoms with E-state index in [0.717, 1.165) is 12.0 Å². The molecule has 0 saturated heterocycles. The molecule has 1 amide bonds. The van der Waals surface area contributed by atoms with Crippen LogP contribution in [-0.4, -0.2) is 31.7 Å². The standard InChI is InChI=1S/C21H18N2O5/c22-13-16-2-6-17(7-3-16)23-20(24)14-28-21(25)9-5-15-4-8-18-19(12-15)27-11-1-10-26-18/h2-9,12H,1,10-11,14H2,(H,23,24)/b9-5+. The lowest BCUT2D eigenvalue weighted by Gasteiger charge is -2.07. The highest BCUT2D eigenvalue weighted by Crippen LogP contribution is 2.30. The minimum Gasteiger partial charge on any atom is -0.490 e. The van der Waals surface area contributed by atoms with Crippen LogP contribution in [0.4, 0.5) is 5.69 Å². The summed E-state index contributed by atoms with van der Waals surface area (Å²) in [7, 11) is 0. The van der Waals surface area contributed by atoms with Gasteiger partial charge in [0.1, 0.15) is 0 Å². The van der Waals surface area contributed by atoms with Crippen LogP contribution in [0.5, 0.6) is 11.5 Å². The SMILES string of the molecule is N#Cc1ccc(NC(=O)COC(=O)/C=C/c2ccc3c(c2)OCCCO3)cc1. The Bertz CT molecular complexity index is 929. The second-order valence-corrected chi connectivity index (χ2v) is 5.94. The molecule has 0 bridgehead atoms. The Hall–Kier alpha value is -3.79. The van der Waals surface area contributed by atoms with Crippen LogP contribution in [0.3, 0.4) is 0 Å². The van der Waals surface area contributed by atoms with Gasteiger partial charge >= 0.3 is 5.97 Å². The zero-order chi connectivity index (χ0) is 19.8. The maximum Gasteiger partial charge on any atom is 0.331 e.